The second kappa shape index (κ2) is 7.37. The zero-order valence-corrected chi connectivity index (χ0v) is 16.0. The summed E-state index contributed by atoms with van der Waals surface area (Å²) in [6.45, 7) is 3.86. The van der Waals surface area contributed by atoms with Gasteiger partial charge in [0.15, 0.2) is 11.5 Å². The average Bonchev–Trinajstić information content (AvgIpc) is 3.11. The van der Waals surface area contributed by atoms with Crippen LogP contribution < -0.4 is 9.47 Å². The first kappa shape index (κ1) is 18.9. The van der Waals surface area contributed by atoms with E-state index in [0.29, 0.717) is 29.1 Å². The largest absolute Gasteiger partial charge is 0.493 e. The molecular weight excluding hydrogens is 356 g/mol. The molecule has 6 nitrogen and oxygen atoms in total. The number of nitrogens with one attached hydrogen (secondary N) is 1. The van der Waals surface area contributed by atoms with Gasteiger partial charge >= 0.3 is 5.97 Å². The Hall–Kier alpha value is -1.92. The van der Waals surface area contributed by atoms with Crippen molar-refractivity contribution in [3.05, 3.63) is 23.9 Å². The number of ether oxygens (including phenoxy) is 3. The van der Waals surface area contributed by atoms with Gasteiger partial charge in [0.1, 0.15) is 0 Å². The van der Waals surface area contributed by atoms with E-state index in [0.717, 1.165) is 44.4 Å². The van der Waals surface area contributed by atoms with Crippen molar-refractivity contribution in [2.75, 3.05) is 40.5 Å². The van der Waals surface area contributed by atoms with Crippen molar-refractivity contribution < 1.29 is 19.0 Å². The van der Waals surface area contributed by atoms with Gasteiger partial charge in [-0.3, -0.25) is 0 Å². The number of esters is 1. The third kappa shape index (κ3) is 3.12. The summed E-state index contributed by atoms with van der Waals surface area (Å²) in [6, 6.07) is 3.70. The van der Waals surface area contributed by atoms with Gasteiger partial charge in [-0.05, 0) is 51.0 Å². The van der Waals surface area contributed by atoms with Crippen molar-refractivity contribution >= 4 is 29.3 Å². The molecule has 0 radical (unpaired) electrons. The Morgan fingerprint density at radius 1 is 1.15 bits per heavy atom. The second-order valence-corrected chi connectivity index (χ2v) is 7.09. The highest BCUT2D eigenvalue weighted by Gasteiger charge is 2.40. The van der Waals surface area contributed by atoms with Gasteiger partial charge in [-0.2, -0.15) is 0 Å². The van der Waals surface area contributed by atoms with Crippen molar-refractivity contribution in [1.82, 2.24) is 9.88 Å². The number of nitrogens with zero attached hydrogens (tertiary/aromatic N) is 1. The van der Waals surface area contributed by atoms with Gasteiger partial charge in [0.2, 0.25) is 0 Å². The summed E-state index contributed by atoms with van der Waals surface area (Å²) in [5, 5.41) is 0.711. The normalized spacial score (nSPS) is 24.2. The number of H-pyrrole nitrogens is 1. The monoisotopic (exact) mass is 380 g/mol. The number of aromatic nitrogens is 1. The summed E-state index contributed by atoms with van der Waals surface area (Å²) < 4.78 is 16.6. The molecule has 0 saturated carbocycles. The molecule has 0 spiro atoms. The Labute approximate surface area is 159 Å². The maximum atomic E-state index is 12.8. The zero-order chi connectivity index (χ0) is 17.4. The van der Waals surface area contributed by atoms with E-state index in [9.17, 15) is 4.79 Å². The van der Waals surface area contributed by atoms with Crippen LogP contribution in [0.3, 0.4) is 0 Å². The fourth-order valence-corrected chi connectivity index (χ4v) is 4.11. The van der Waals surface area contributed by atoms with Crippen LogP contribution in [-0.2, 0) is 4.74 Å². The first-order valence-electron chi connectivity index (χ1n) is 8.77. The van der Waals surface area contributed by atoms with Gasteiger partial charge in [-0.25, -0.2) is 4.79 Å². The molecule has 26 heavy (non-hydrogen) atoms. The van der Waals surface area contributed by atoms with E-state index >= 15 is 0 Å². The number of fused-ring (bicyclic) bond motifs is 4. The van der Waals surface area contributed by atoms with E-state index < -0.39 is 0 Å². The SMILES string of the molecule is COc1ccc2[nH]cc(C(=O)OCC34CCN(CC3)CC4)c2c1OC.Cl. The van der Waals surface area contributed by atoms with Crippen molar-refractivity contribution in [1.29, 1.82) is 0 Å². The van der Waals surface area contributed by atoms with Crippen LogP contribution in [0.15, 0.2) is 18.3 Å². The van der Waals surface area contributed by atoms with Crippen LogP contribution in [0.5, 0.6) is 11.5 Å². The molecule has 142 valence electrons. The summed E-state index contributed by atoms with van der Waals surface area (Å²) >= 11 is 0. The molecule has 3 aliphatic rings. The molecule has 4 heterocycles. The summed E-state index contributed by atoms with van der Waals surface area (Å²) in [6.07, 6.45) is 5.04. The van der Waals surface area contributed by atoms with Crippen LogP contribution in [0.4, 0.5) is 0 Å². The molecule has 0 unspecified atom stereocenters. The molecule has 0 aliphatic carbocycles. The Balaban J connectivity index is 0.00000196. The highest BCUT2D eigenvalue weighted by atomic mass is 35.5. The minimum Gasteiger partial charge on any atom is -0.493 e. The zero-order valence-electron chi connectivity index (χ0n) is 15.2. The number of hydrogen-bond donors (Lipinski definition) is 1. The van der Waals surface area contributed by atoms with Crippen LogP contribution in [0.25, 0.3) is 10.9 Å². The molecule has 2 bridgehead atoms. The first-order chi connectivity index (χ1) is 12.2. The highest BCUT2D eigenvalue weighted by molar-refractivity contribution is 6.07. The molecule has 1 aromatic heterocycles. The third-order valence-electron chi connectivity index (χ3n) is 5.79. The minimum atomic E-state index is -0.305. The molecule has 3 saturated heterocycles. The van der Waals surface area contributed by atoms with Crippen LogP contribution in [0, 0.1) is 5.41 Å². The lowest BCUT2D eigenvalue weighted by Gasteiger charge is -2.47. The molecular formula is C19H25ClN2O4. The van der Waals surface area contributed by atoms with Gasteiger partial charge in [-0.15, -0.1) is 12.4 Å². The lowest BCUT2D eigenvalue weighted by Crippen LogP contribution is -2.50. The molecule has 5 rings (SSSR count). The van der Waals surface area contributed by atoms with Gasteiger partial charge in [-0.1, -0.05) is 0 Å². The molecule has 7 heteroatoms. The summed E-state index contributed by atoms with van der Waals surface area (Å²) in [5.74, 6) is 0.847. The van der Waals surface area contributed by atoms with E-state index in [-0.39, 0.29) is 23.8 Å². The van der Waals surface area contributed by atoms with E-state index in [1.807, 2.05) is 12.1 Å². The van der Waals surface area contributed by atoms with E-state index in [1.165, 1.54) is 0 Å². The Bertz CT molecular complexity index is 782. The lowest BCUT2D eigenvalue weighted by atomic mass is 9.73. The van der Waals surface area contributed by atoms with Crippen LogP contribution >= 0.6 is 12.4 Å². The maximum absolute atomic E-state index is 12.8. The number of carbonyl (C=O) groups is 1. The predicted molar refractivity (Wildman–Crippen MR) is 102 cm³/mol. The molecule has 0 atom stereocenters. The Morgan fingerprint density at radius 3 is 2.46 bits per heavy atom. The number of methoxy groups -OCH3 is 2. The summed E-state index contributed by atoms with van der Waals surface area (Å²) in [7, 11) is 3.16. The van der Waals surface area contributed by atoms with E-state index in [4.69, 9.17) is 14.2 Å². The molecule has 1 aromatic carbocycles. The van der Waals surface area contributed by atoms with Gasteiger partial charge in [0.05, 0.1) is 37.3 Å². The number of benzene rings is 1. The fourth-order valence-electron chi connectivity index (χ4n) is 4.11. The van der Waals surface area contributed by atoms with Gasteiger partial charge in [0.25, 0.3) is 0 Å². The minimum absolute atomic E-state index is 0. The lowest BCUT2D eigenvalue weighted by molar-refractivity contribution is -0.0304. The average molecular weight is 381 g/mol. The number of rotatable bonds is 5. The second-order valence-electron chi connectivity index (χ2n) is 7.09. The Kier molecular flexibility index (Phi) is 5.34. The number of carbonyl (C=O) groups excluding carboxylic acids is 1. The van der Waals surface area contributed by atoms with Crippen molar-refractivity contribution in [3.63, 3.8) is 0 Å². The van der Waals surface area contributed by atoms with Crippen LogP contribution in [0.2, 0.25) is 0 Å². The summed E-state index contributed by atoms with van der Waals surface area (Å²) in [5.41, 5.74) is 1.49. The smallest absolute Gasteiger partial charge is 0.340 e. The number of piperidine rings is 3. The third-order valence-corrected chi connectivity index (χ3v) is 5.79. The van der Waals surface area contributed by atoms with Crippen molar-refractivity contribution in [3.8, 4) is 11.5 Å². The van der Waals surface area contributed by atoms with Crippen molar-refractivity contribution in [2.45, 2.75) is 19.3 Å². The van der Waals surface area contributed by atoms with Gasteiger partial charge < -0.3 is 24.1 Å². The molecule has 2 aromatic rings. The Morgan fingerprint density at radius 2 is 1.85 bits per heavy atom. The van der Waals surface area contributed by atoms with Gasteiger partial charge in [0, 0.05) is 11.6 Å². The van der Waals surface area contributed by atoms with Crippen LogP contribution in [-0.4, -0.2) is 56.3 Å². The highest BCUT2D eigenvalue weighted by Crippen LogP contribution is 2.41. The number of hydrogen-bond acceptors (Lipinski definition) is 5. The maximum Gasteiger partial charge on any atom is 0.340 e. The van der Waals surface area contributed by atoms with Crippen LogP contribution in [0.1, 0.15) is 29.6 Å². The van der Waals surface area contributed by atoms with E-state index in [1.54, 1.807) is 20.4 Å². The molecule has 1 N–H and O–H groups in total. The predicted octanol–water partition coefficient (Wildman–Crippen LogP) is 3.25. The standard InChI is InChI=1S/C19H24N2O4.ClH/c1-23-15-4-3-14-16(17(15)24-2)13(11-20-14)18(22)25-12-19-5-8-21(9-6-19)10-7-19;/h3-4,11,20H,5-10,12H2,1-2H3;1H. The molecule has 3 fully saturated rings. The number of halogens is 1. The molecule has 3 aliphatic heterocycles. The molecule has 0 amide bonds. The van der Waals surface area contributed by atoms with Crippen molar-refractivity contribution in [2.24, 2.45) is 5.41 Å². The fraction of sp³-hybridized carbons (Fsp3) is 0.526. The quantitative estimate of drug-likeness (QED) is 0.807. The topological polar surface area (TPSA) is 63.8 Å². The first-order valence-corrected chi connectivity index (χ1v) is 8.77. The van der Waals surface area contributed by atoms with E-state index in [2.05, 4.69) is 9.88 Å². The summed E-state index contributed by atoms with van der Waals surface area (Å²) in [4.78, 5) is 18.4. The number of aromatic amines is 1.